The summed E-state index contributed by atoms with van der Waals surface area (Å²) in [4.78, 5) is 12.2. The van der Waals surface area contributed by atoms with Crippen molar-refractivity contribution in [2.24, 2.45) is 5.92 Å². The maximum Gasteiger partial charge on any atom is 0.313 e. The van der Waals surface area contributed by atoms with Gasteiger partial charge in [0.05, 0.1) is 25.9 Å². The Morgan fingerprint density at radius 2 is 2.17 bits per heavy atom. The number of hydrogen-bond acceptors (Lipinski definition) is 5. The Hall–Kier alpha value is -1.43. The minimum absolute atomic E-state index is 0.0339. The Balaban J connectivity index is 1.42. The minimum Gasteiger partial charge on any atom is -0.469 e. The molecular weight excluding hydrogens is 306 g/mol. The quantitative estimate of drug-likeness (QED) is 0.449. The molecule has 2 aliphatic rings. The van der Waals surface area contributed by atoms with Crippen molar-refractivity contribution in [3.8, 4) is 0 Å². The first-order valence-corrected chi connectivity index (χ1v) is 8.88. The van der Waals surface area contributed by atoms with Crippen LogP contribution >= 0.6 is 0 Å². The Bertz CT molecular complexity index is 515. The van der Waals surface area contributed by atoms with Crippen LogP contribution < -0.4 is 5.32 Å². The first-order valence-electron chi connectivity index (χ1n) is 8.88. The van der Waals surface area contributed by atoms with Crippen LogP contribution in [0.2, 0.25) is 0 Å². The zero-order valence-corrected chi connectivity index (χ0v) is 14.3. The molecule has 5 nitrogen and oxygen atoms in total. The molecule has 3 rings (SSSR count). The van der Waals surface area contributed by atoms with Crippen LogP contribution in [-0.2, 0) is 25.6 Å². The third-order valence-electron chi connectivity index (χ3n) is 4.89. The highest BCUT2D eigenvalue weighted by atomic mass is 16.6. The standard InChI is InChI=1S/C19H27NO4/c1-22-19(21)17(15-9-5-6-11-20-15)18-16(24-18)10-12-23-13-14-7-3-2-4-8-14/h2-4,7-8,15-18,20H,5-6,9-13H2,1H3/t15-,16+,17-,18+/m1/s1. The van der Waals surface area contributed by atoms with Crippen LogP contribution in [0.5, 0.6) is 0 Å². The van der Waals surface area contributed by atoms with Gasteiger partial charge in [-0.25, -0.2) is 0 Å². The summed E-state index contributed by atoms with van der Waals surface area (Å²) >= 11 is 0. The van der Waals surface area contributed by atoms with Gasteiger partial charge >= 0.3 is 5.97 Å². The molecule has 2 fully saturated rings. The minimum atomic E-state index is -0.200. The SMILES string of the molecule is COC(=O)[C@@H]([C@H]1O[C@H]1CCOCc1ccccc1)[C@H]1CCCCN1. The topological polar surface area (TPSA) is 60.1 Å². The van der Waals surface area contributed by atoms with Crippen molar-refractivity contribution in [1.29, 1.82) is 0 Å². The molecule has 0 aromatic heterocycles. The molecule has 0 radical (unpaired) electrons. The van der Waals surface area contributed by atoms with E-state index in [0.29, 0.717) is 13.2 Å². The molecule has 132 valence electrons. The molecular formula is C19H27NO4. The lowest BCUT2D eigenvalue weighted by atomic mass is 9.88. The Labute approximate surface area is 143 Å². The predicted octanol–water partition coefficient (Wildman–Crippen LogP) is 2.29. The number of ether oxygens (including phenoxy) is 3. The van der Waals surface area contributed by atoms with E-state index in [2.05, 4.69) is 17.4 Å². The van der Waals surface area contributed by atoms with Crippen molar-refractivity contribution >= 4 is 5.97 Å². The van der Waals surface area contributed by atoms with E-state index in [1.54, 1.807) is 0 Å². The number of hydrogen-bond donors (Lipinski definition) is 1. The van der Waals surface area contributed by atoms with E-state index in [0.717, 1.165) is 25.8 Å². The van der Waals surface area contributed by atoms with Gasteiger partial charge in [-0.1, -0.05) is 36.8 Å². The van der Waals surface area contributed by atoms with E-state index in [1.807, 2.05) is 18.2 Å². The molecule has 0 bridgehead atoms. The van der Waals surface area contributed by atoms with Crippen LogP contribution in [0.1, 0.15) is 31.2 Å². The Kier molecular flexibility index (Phi) is 6.24. The van der Waals surface area contributed by atoms with E-state index in [9.17, 15) is 4.79 Å². The summed E-state index contributed by atoms with van der Waals surface area (Å²) in [5.41, 5.74) is 1.17. The van der Waals surface area contributed by atoms with E-state index >= 15 is 0 Å². The molecule has 0 saturated carbocycles. The van der Waals surface area contributed by atoms with Crippen LogP contribution in [-0.4, -0.2) is 44.5 Å². The fourth-order valence-electron chi connectivity index (χ4n) is 3.52. The van der Waals surface area contributed by atoms with E-state index in [4.69, 9.17) is 14.2 Å². The van der Waals surface area contributed by atoms with Gasteiger partial charge in [0.15, 0.2) is 0 Å². The van der Waals surface area contributed by atoms with Crippen LogP contribution in [0.3, 0.4) is 0 Å². The second-order valence-corrected chi connectivity index (χ2v) is 6.57. The summed E-state index contributed by atoms with van der Waals surface area (Å²) < 4.78 is 16.5. The molecule has 4 atom stereocenters. The molecule has 2 aliphatic heterocycles. The highest BCUT2D eigenvalue weighted by Gasteiger charge is 2.51. The summed E-state index contributed by atoms with van der Waals surface area (Å²) in [7, 11) is 1.46. The number of nitrogens with one attached hydrogen (secondary N) is 1. The molecule has 2 saturated heterocycles. The number of piperidine rings is 1. The van der Waals surface area contributed by atoms with Crippen LogP contribution in [0.25, 0.3) is 0 Å². The second-order valence-electron chi connectivity index (χ2n) is 6.57. The number of carbonyl (C=O) groups excluding carboxylic acids is 1. The molecule has 0 spiro atoms. The maximum absolute atomic E-state index is 12.2. The van der Waals surface area contributed by atoms with E-state index < -0.39 is 0 Å². The zero-order chi connectivity index (χ0) is 16.8. The van der Waals surface area contributed by atoms with Gasteiger partial charge in [0.2, 0.25) is 0 Å². The normalized spacial score (nSPS) is 27.5. The summed E-state index contributed by atoms with van der Waals surface area (Å²) in [5, 5.41) is 3.45. The number of epoxide rings is 1. The van der Waals surface area contributed by atoms with Gasteiger partial charge in [0.25, 0.3) is 0 Å². The Morgan fingerprint density at radius 1 is 1.33 bits per heavy atom. The number of carbonyl (C=O) groups is 1. The molecule has 2 heterocycles. The van der Waals surface area contributed by atoms with Gasteiger partial charge in [-0.3, -0.25) is 4.79 Å². The summed E-state index contributed by atoms with van der Waals surface area (Å²) in [6.45, 7) is 2.22. The van der Waals surface area contributed by atoms with Gasteiger partial charge in [0, 0.05) is 12.6 Å². The van der Waals surface area contributed by atoms with Crippen LogP contribution in [0.4, 0.5) is 0 Å². The van der Waals surface area contributed by atoms with Gasteiger partial charge in [0.1, 0.15) is 5.92 Å². The van der Waals surface area contributed by atoms with E-state index in [1.165, 1.54) is 19.1 Å². The van der Waals surface area contributed by atoms with Crippen molar-refractivity contribution in [1.82, 2.24) is 5.32 Å². The van der Waals surface area contributed by atoms with Crippen molar-refractivity contribution < 1.29 is 19.0 Å². The third-order valence-corrected chi connectivity index (χ3v) is 4.89. The first kappa shape index (κ1) is 17.4. The largest absolute Gasteiger partial charge is 0.469 e. The summed E-state index contributed by atoms with van der Waals surface area (Å²) in [5.74, 6) is -0.360. The van der Waals surface area contributed by atoms with Gasteiger partial charge in [-0.15, -0.1) is 0 Å². The molecule has 24 heavy (non-hydrogen) atoms. The lowest BCUT2D eigenvalue weighted by molar-refractivity contribution is -0.147. The maximum atomic E-state index is 12.2. The fourth-order valence-corrected chi connectivity index (χ4v) is 3.52. The molecule has 1 N–H and O–H groups in total. The van der Waals surface area contributed by atoms with Crippen molar-refractivity contribution in [2.75, 3.05) is 20.3 Å². The van der Waals surface area contributed by atoms with Gasteiger partial charge < -0.3 is 19.5 Å². The Morgan fingerprint density at radius 3 is 2.88 bits per heavy atom. The molecule has 0 unspecified atom stereocenters. The lowest BCUT2D eigenvalue weighted by Gasteiger charge is -2.28. The van der Waals surface area contributed by atoms with Crippen molar-refractivity contribution in [2.45, 2.75) is 50.5 Å². The number of esters is 1. The smallest absolute Gasteiger partial charge is 0.313 e. The van der Waals surface area contributed by atoms with Crippen LogP contribution in [0.15, 0.2) is 30.3 Å². The zero-order valence-electron chi connectivity index (χ0n) is 14.3. The highest BCUT2D eigenvalue weighted by Crippen LogP contribution is 2.36. The fraction of sp³-hybridized carbons (Fsp3) is 0.632. The second kappa shape index (κ2) is 8.60. The number of benzene rings is 1. The van der Waals surface area contributed by atoms with Gasteiger partial charge in [-0.05, 0) is 31.4 Å². The lowest BCUT2D eigenvalue weighted by Crippen LogP contribution is -2.46. The van der Waals surface area contributed by atoms with Crippen molar-refractivity contribution in [3.05, 3.63) is 35.9 Å². The molecule has 1 aromatic carbocycles. The molecule has 5 heteroatoms. The first-order chi connectivity index (χ1) is 11.8. The van der Waals surface area contributed by atoms with Gasteiger partial charge in [-0.2, -0.15) is 0 Å². The monoisotopic (exact) mass is 333 g/mol. The summed E-state index contributed by atoms with van der Waals surface area (Å²) in [6, 6.07) is 10.3. The predicted molar refractivity (Wildman–Crippen MR) is 90.5 cm³/mol. The number of methoxy groups -OCH3 is 1. The molecule has 1 aromatic rings. The molecule has 0 amide bonds. The number of rotatable bonds is 8. The average Bonchev–Trinajstić information content (AvgIpc) is 3.39. The third kappa shape index (κ3) is 4.56. The molecule has 0 aliphatic carbocycles. The summed E-state index contributed by atoms with van der Waals surface area (Å²) in [6.07, 6.45) is 4.23. The van der Waals surface area contributed by atoms with Crippen molar-refractivity contribution in [3.63, 3.8) is 0 Å². The van der Waals surface area contributed by atoms with E-state index in [-0.39, 0.29) is 30.1 Å². The average molecular weight is 333 g/mol. The highest BCUT2D eigenvalue weighted by molar-refractivity contribution is 5.74. The van der Waals surface area contributed by atoms with Crippen LogP contribution in [0, 0.1) is 5.92 Å².